The van der Waals surface area contributed by atoms with Gasteiger partial charge in [0.25, 0.3) is 5.76 Å². The Morgan fingerprint density at radius 3 is 2.83 bits per heavy atom. The van der Waals surface area contributed by atoms with Gasteiger partial charge in [0, 0.05) is 17.5 Å². The standard InChI is InChI=1S/C19H16N2O2/c1-2-20-18-13-8-4-3-7-12(13)11-21(18)16-14-9-5-6-10-15(14)23-17(16)19(20)22/h3-10,18H,2,11H2,1H3/p+1. The highest BCUT2D eigenvalue weighted by Gasteiger charge is 2.49. The predicted octanol–water partition coefficient (Wildman–Crippen LogP) is 2.51. The van der Waals surface area contributed by atoms with E-state index in [1.54, 1.807) is 0 Å². The lowest BCUT2D eigenvalue weighted by Crippen LogP contribution is -3.16. The van der Waals surface area contributed by atoms with Crippen LogP contribution in [0.5, 0.6) is 0 Å². The smallest absolute Gasteiger partial charge is 0.383 e. The molecular formula is C19H17N2O2+. The van der Waals surface area contributed by atoms with E-state index in [0.717, 1.165) is 34.6 Å². The zero-order valence-corrected chi connectivity index (χ0v) is 12.9. The summed E-state index contributed by atoms with van der Waals surface area (Å²) < 4.78 is 5.93. The van der Waals surface area contributed by atoms with Crippen molar-refractivity contribution in [2.24, 2.45) is 0 Å². The van der Waals surface area contributed by atoms with Gasteiger partial charge in [-0.3, -0.25) is 0 Å². The van der Waals surface area contributed by atoms with Gasteiger partial charge >= 0.3 is 5.91 Å². The number of para-hydroxylation sites is 1. The lowest BCUT2D eigenvalue weighted by atomic mass is 10.1. The van der Waals surface area contributed by atoms with E-state index in [2.05, 4.69) is 36.1 Å². The Morgan fingerprint density at radius 1 is 1.17 bits per heavy atom. The SMILES string of the molecule is CC[NH+]1C(=O)c2oc3ccccc3c2N2Cc3ccccc3C21. The van der Waals surface area contributed by atoms with Gasteiger partial charge in [0.05, 0.1) is 6.54 Å². The molecular weight excluding hydrogens is 288 g/mol. The molecule has 4 heteroatoms. The number of fused-ring (bicyclic) bond motifs is 7. The van der Waals surface area contributed by atoms with Crippen molar-refractivity contribution in [2.75, 3.05) is 11.4 Å². The largest absolute Gasteiger partial charge is 0.445 e. The summed E-state index contributed by atoms with van der Waals surface area (Å²) in [5.41, 5.74) is 4.31. The highest BCUT2D eigenvalue weighted by Crippen LogP contribution is 2.43. The van der Waals surface area contributed by atoms with Crippen molar-refractivity contribution in [1.82, 2.24) is 0 Å². The molecule has 1 amide bonds. The van der Waals surface area contributed by atoms with Crippen molar-refractivity contribution in [3.8, 4) is 0 Å². The number of rotatable bonds is 1. The zero-order valence-electron chi connectivity index (χ0n) is 12.9. The first-order valence-corrected chi connectivity index (χ1v) is 8.06. The van der Waals surface area contributed by atoms with Crippen LogP contribution in [0.4, 0.5) is 5.69 Å². The van der Waals surface area contributed by atoms with Gasteiger partial charge in [-0.15, -0.1) is 0 Å². The Hall–Kier alpha value is -2.59. The topological polar surface area (TPSA) is 37.9 Å². The lowest BCUT2D eigenvalue weighted by molar-refractivity contribution is -0.847. The number of amides is 1. The third kappa shape index (κ3) is 1.56. The summed E-state index contributed by atoms with van der Waals surface area (Å²) in [5, 5.41) is 1.03. The first kappa shape index (κ1) is 12.9. The molecule has 5 rings (SSSR count). The normalized spacial score (nSPS) is 22.1. The molecule has 3 aromatic rings. The molecule has 4 nitrogen and oxygen atoms in total. The molecule has 0 radical (unpaired) electrons. The second kappa shape index (κ2) is 4.46. The maximum atomic E-state index is 13.0. The summed E-state index contributed by atoms with van der Waals surface area (Å²) in [6.45, 7) is 3.62. The monoisotopic (exact) mass is 305 g/mol. The van der Waals surface area contributed by atoms with Crippen molar-refractivity contribution >= 4 is 22.6 Å². The molecule has 1 aromatic heterocycles. The molecule has 0 fully saturated rings. The number of hydrogen-bond donors (Lipinski definition) is 1. The number of carbonyl (C=O) groups excluding carboxylic acids is 1. The van der Waals surface area contributed by atoms with Crippen LogP contribution in [-0.4, -0.2) is 12.5 Å². The number of furan rings is 1. The van der Waals surface area contributed by atoms with Crippen LogP contribution in [-0.2, 0) is 6.54 Å². The van der Waals surface area contributed by atoms with Crippen LogP contribution in [0.15, 0.2) is 52.9 Å². The summed E-state index contributed by atoms with van der Waals surface area (Å²) in [7, 11) is 0. The molecule has 114 valence electrons. The van der Waals surface area contributed by atoms with Gasteiger partial charge in [-0.2, -0.15) is 0 Å². The number of nitrogens with one attached hydrogen (secondary N) is 1. The van der Waals surface area contributed by atoms with Crippen molar-refractivity contribution in [3.63, 3.8) is 0 Å². The summed E-state index contributed by atoms with van der Waals surface area (Å²) in [6, 6.07) is 16.4. The first-order chi connectivity index (χ1) is 11.3. The van der Waals surface area contributed by atoms with Gasteiger partial charge in [0.2, 0.25) is 0 Å². The Bertz CT molecular complexity index is 943. The molecule has 0 saturated heterocycles. The second-order valence-corrected chi connectivity index (χ2v) is 6.21. The molecule has 23 heavy (non-hydrogen) atoms. The Morgan fingerprint density at radius 2 is 1.96 bits per heavy atom. The third-order valence-electron chi connectivity index (χ3n) is 5.07. The molecule has 0 bridgehead atoms. The Kier molecular flexibility index (Phi) is 2.50. The predicted molar refractivity (Wildman–Crippen MR) is 87.4 cm³/mol. The molecule has 3 heterocycles. The van der Waals surface area contributed by atoms with E-state index in [9.17, 15) is 4.79 Å². The van der Waals surface area contributed by atoms with E-state index < -0.39 is 0 Å². The van der Waals surface area contributed by atoms with Gasteiger partial charge in [-0.1, -0.05) is 36.4 Å². The number of carbonyl (C=O) groups is 1. The summed E-state index contributed by atoms with van der Waals surface area (Å²) in [5.74, 6) is 0.573. The van der Waals surface area contributed by atoms with Gasteiger partial charge in [-0.05, 0) is 24.6 Å². The van der Waals surface area contributed by atoms with Crippen molar-refractivity contribution in [1.29, 1.82) is 0 Å². The highest BCUT2D eigenvalue weighted by molar-refractivity contribution is 6.05. The average Bonchev–Trinajstić information content (AvgIpc) is 3.14. The van der Waals surface area contributed by atoms with Gasteiger partial charge < -0.3 is 9.32 Å². The van der Waals surface area contributed by atoms with Gasteiger partial charge in [0.1, 0.15) is 11.3 Å². The lowest BCUT2D eigenvalue weighted by Gasteiger charge is -2.34. The molecule has 0 saturated carbocycles. The van der Waals surface area contributed by atoms with E-state index in [4.69, 9.17) is 4.42 Å². The quantitative estimate of drug-likeness (QED) is 0.751. The molecule has 2 aromatic carbocycles. The van der Waals surface area contributed by atoms with Crippen molar-refractivity contribution < 1.29 is 14.1 Å². The maximum Gasteiger partial charge on any atom is 0.383 e. The van der Waals surface area contributed by atoms with E-state index in [0.29, 0.717) is 5.76 Å². The molecule has 2 aliphatic heterocycles. The van der Waals surface area contributed by atoms with Crippen LogP contribution in [0.1, 0.15) is 34.8 Å². The minimum absolute atomic E-state index is 0.0530. The van der Waals surface area contributed by atoms with E-state index in [1.807, 2.05) is 24.3 Å². The minimum Gasteiger partial charge on any atom is -0.445 e. The molecule has 2 atom stereocenters. The van der Waals surface area contributed by atoms with Crippen LogP contribution in [0.2, 0.25) is 0 Å². The van der Waals surface area contributed by atoms with E-state index >= 15 is 0 Å². The summed E-state index contributed by atoms with van der Waals surface area (Å²) >= 11 is 0. The van der Waals surface area contributed by atoms with Crippen LogP contribution < -0.4 is 9.80 Å². The zero-order chi connectivity index (χ0) is 15.6. The number of hydrogen-bond acceptors (Lipinski definition) is 3. The number of benzene rings is 2. The maximum absolute atomic E-state index is 13.0. The van der Waals surface area contributed by atoms with Crippen LogP contribution in [0.25, 0.3) is 11.0 Å². The fraction of sp³-hybridized carbons (Fsp3) is 0.211. The fourth-order valence-corrected chi connectivity index (χ4v) is 4.07. The molecule has 0 spiro atoms. The van der Waals surface area contributed by atoms with Crippen molar-refractivity contribution in [3.05, 3.63) is 65.4 Å². The second-order valence-electron chi connectivity index (χ2n) is 6.21. The van der Waals surface area contributed by atoms with Crippen LogP contribution in [0.3, 0.4) is 0 Å². The van der Waals surface area contributed by atoms with Gasteiger partial charge in [0.15, 0.2) is 6.17 Å². The summed E-state index contributed by atoms with van der Waals surface area (Å²) in [6.07, 6.45) is 0.0530. The van der Waals surface area contributed by atoms with E-state index in [1.165, 1.54) is 11.1 Å². The van der Waals surface area contributed by atoms with Crippen LogP contribution in [0, 0.1) is 0 Å². The van der Waals surface area contributed by atoms with Crippen LogP contribution >= 0.6 is 0 Å². The van der Waals surface area contributed by atoms with E-state index in [-0.39, 0.29) is 12.1 Å². The molecule has 1 N–H and O–H groups in total. The first-order valence-electron chi connectivity index (χ1n) is 8.06. The highest BCUT2D eigenvalue weighted by atomic mass is 16.3. The summed E-state index contributed by atoms with van der Waals surface area (Å²) in [4.78, 5) is 16.3. The van der Waals surface area contributed by atoms with Gasteiger partial charge in [-0.25, -0.2) is 9.69 Å². The fourth-order valence-electron chi connectivity index (χ4n) is 4.07. The Balaban J connectivity index is 1.81. The number of quaternary nitrogens is 1. The third-order valence-corrected chi connectivity index (χ3v) is 5.07. The molecule has 2 unspecified atom stereocenters. The average molecular weight is 305 g/mol. The molecule has 0 aliphatic carbocycles. The van der Waals surface area contributed by atoms with Crippen molar-refractivity contribution in [2.45, 2.75) is 19.6 Å². The number of nitrogens with zero attached hydrogens (tertiary/aromatic N) is 1. The molecule has 2 aliphatic rings. The minimum atomic E-state index is 0.0530. The number of anilines is 1. The Labute approximate surface area is 133 Å².